The first-order chi connectivity index (χ1) is 11.8. The molecule has 2 aliphatic heterocycles. The molecule has 4 rings (SSSR count). The van der Waals surface area contributed by atoms with Crippen LogP contribution in [0.2, 0.25) is 0 Å². The molecule has 3 fully saturated rings. The number of carbonyl (C=O) groups excluding carboxylic acids is 1. The van der Waals surface area contributed by atoms with Gasteiger partial charge in [0.2, 0.25) is 5.91 Å². The van der Waals surface area contributed by atoms with Crippen LogP contribution in [0.3, 0.4) is 0 Å². The molecule has 1 spiro atoms. The van der Waals surface area contributed by atoms with Crippen molar-refractivity contribution >= 4 is 11.6 Å². The number of para-hydroxylation sites is 1. The first kappa shape index (κ1) is 15.9. The van der Waals surface area contributed by atoms with Crippen LogP contribution in [0.4, 0.5) is 5.69 Å². The lowest BCUT2D eigenvalue weighted by atomic mass is 9.83. The molecular formula is C20H28N2O2. The molecule has 4 heteroatoms. The summed E-state index contributed by atoms with van der Waals surface area (Å²) in [6.07, 6.45) is 8.08. The van der Waals surface area contributed by atoms with Crippen LogP contribution in [-0.2, 0) is 9.53 Å². The maximum Gasteiger partial charge on any atom is 0.245 e. The van der Waals surface area contributed by atoms with Crippen molar-refractivity contribution in [3.05, 3.63) is 30.3 Å². The minimum absolute atomic E-state index is 0.00569. The van der Waals surface area contributed by atoms with Gasteiger partial charge in [-0.15, -0.1) is 0 Å². The Bertz CT molecular complexity index is 563. The fraction of sp³-hybridized carbons (Fsp3) is 0.650. The number of rotatable bonds is 2. The molecule has 1 aromatic rings. The average molecular weight is 328 g/mol. The van der Waals surface area contributed by atoms with Gasteiger partial charge >= 0.3 is 0 Å². The van der Waals surface area contributed by atoms with Gasteiger partial charge in [-0.05, 0) is 37.8 Å². The zero-order chi connectivity index (χ0) is 16.4. The van der Waals surface area contributed by atoms with Gasteiger partial charge in [0.05, 0.1) is 12.2 Å². The summed E-state index contributed by atoms with van der Waals surface area (Å²) in [7, 11) is 0. The minimum atomic E-state index is -0.0532. The molecule has 1 aromatic carbocycles. The van der Waals surface area contributed by atoms with Crippen molar-refractivity contribution in [1.29, 1.82) is 0 Å². The molecule has 4 nitrogen and oxygen atoms in total. The van der Waals surface area contributed by atoms with Crippen molar-refractivity contribution in [2.45, 2.75) is 56.6 Å². The third-order valence-electron chi connectivity index (χ3n) is 5.95. The van der Waals surface area contributed by atoms with E-state index in [0.717, 1.165) is 45.3 Å². The Labute approximate surface area is 144 Å². The number of nitrogens with zero attached hydrogens (tertiary/aromatic N) is 2. The first-order valence-corrected chi connectivity index (χ1v) is 9.52. The van der Waals surface area contributed by atoms with E-state index in [2.05, 4.69) is 34.1 Å². The normalized spacial score (nSPS) is 26.8. The second-order valence-electron chi connectivity index (χ2n) is 7.54. The summed E-state index contributed by atoms with van der Waals surface area (Å²) in [5.41, 5.74) is 1.12. The molecular weight excluding hydrogens is 300 g/mol. The van der Waals surface area contributed by atoms with E-state index in [1.165, 1.54) is 24.9 Å². The van der Waals surface area contributed by atoms with E-state index in [0.29, 0.717) is 12.5 Å². The van der Waals surface area contributed by atoms with Gasteiger partial charge in [-0.2, -0.15) is 0 Å². The van der Waals surface area contributed by atoms with Gasteiger partial charge in [-0.1, -0.05) is 37.5 Å². The Hall–Kier alpha value is -1.55. The first-order valence-electron chi connectivity index (χ1n) is 9.52. The summed E-state index contributed by atoms with van der Waals surface area (Å²) >= 11 is 0. The predicted molar refractivity (Wildman–Crippen MR) is 95.2 cm³/mol. The molecule has 1 amide bonds. The molecule has 2 saturated heterocycles. The Morgan fingerprint density at radius 1 is 1.04 bits per heavy atom. The summed E-state index contributed by atoms with van der Waals surface area (Å²) in [4.78, 5) is 17.6. The lowest BCUT2D eigenvalue weighted by Gasteiger charge is -2.46. The van der Waals surface area contributed by atoms with Gasteiger partial charge in [0.15, 0.2) is 0 Å². The van der Waals surface area contributed by atoms with E-state index in [9.17, 15) is 4.79 Å². The van der Waals surface area contributed by atoms with E-state index >= 15 is 0 Å². The maximum atomic E-state index is 13.2. The predicted octanol–water partition coefficient (Wildman–Crippen LogP) is 3.22. The van der Waals surface area contributed by atoms with Gasteiger partial charge in [-0.25, -0.2) is 0 Å². The molecule has 1 unspecified atom stereocenters. The highest BCUT2D eigenvalue weighted by molar-refractivity contribution is 5.86. The fourth-order valence-electron chi connectivity index (χ4n) is 4.69. The largest absolute Gasteiger partial charge is 0.371 e. The van der Waals surface area contributed by atoms with E-state index in [-0.39, 0.29) is 11.6 Å². The average Bonchev–Trinajstić information content (AvgIpc) is 3.12. The van der Waals surface area contributed by atoms with Crippen molar-refractivity contribution in [1.82, 2.24) is 4.90 Å². The Morgan fingerprint density at radius 3 is 2.62 bits per heavy atom. The molecule has 3 aliphatic rings. The number of hydrogen-bond donors (Lipinski definition) is 0. The number of amides is 1. The topological polar surface area (TPSA) is 32.8 Å². The third-order valence-corrected chi connectivity index (χ3v) is 5.95. The monoisotopic (exact) mass is 328 g/mol. The fourth-order valence-corrected chi connectivity index (χ4v) is 4.69. The smallest absolute Gasteiger partial charge is 0.245 e. The summed E-state index contributed by atoms with van der Waals surface area (Å²) in [6.45, 7) is 3.23. The number of anilines is 1. The summed E-state index contributed by atoms with van der Waals surface area (Å²) in [5, 5.41) is 0. The van der Waals surface area contributed by atoms with Gasteiger partial charge in [0.25, 0.3) is 0 Å². The number of morpholine rings is 1. The highest BCUT2D eigenvalue weighted by atomic mass is 16.5. The second kappa shape index (κ2) is 6.75. The van der Waals surface area contributed by atoms with Crippen molar-refractivity contribution in [2.75, 3.05) is 31.1 Å². The van der Waals surface area contributed by atoms with E-state index in [4.69, 9.17) is 4.74 Å². The number of hydrogen-bond acceptors (Lipinski definition) is 3. The lowest BCUT2D eigenvalue weighted by Crippen LogP contribution is -2.57. The van der Waals surface area contributed by atoms with Gasteiger partial charge in [0, 0.05) is 25.3 Å². The van der Waals surface area contributed by atoms with E-state index in [1.54, 1.807) is 0 Å². The molecule has 0 N–H and O–H groups in total. The van der Waals surface area contributed by atoms with Crippen LogP contribution in [0.5, 0.6) is 0 Å². The molecule has 0 radical (unpaired) electrons. The quantitative estimate of drug-likeness (QED) is 0.836. The van der Waals surface area contributed by atoms with Crippen molar-refractivity contribution in [3.8, 4) is 0 Å². The van der Waals surface area contributed by atoms with Crippen molar-refractivity contribution in [2.24, 2.45) is 0 Å². The molecule has 24 heavy (non-hydrogen) atoms. The van der Waals surface area contributed by atoms with Gasteiger partial charge < -0.3 is 14.5 Å². The molecule has 0 bridgehead atoms. The maximum absolute atomic E-state index is 13.2. The molecule has 1 aliphatic carbocycles. The number of carbonyl (C=O) groups is 1. The van der Waals surface area contributed by atoms with Crippen LogP contribution in [0.25, 0.3) is 0 Å². The summed E-state index contributed by atoms with van der Waals surface area (Å²) in [6, 6.07) is 10.4. The summed E-state index contributed by atoms with van der Waals surface area (Å²) in [5.74, 6) is 0.310. The molecule has 1 saturated carbocycles. The van der Waals surface area contributed by atoms with Crippen molar-refractivity contribution in [3.63, 3.8) is 0 Å². The molecule has 1 atom stereocenters. The van der Waals surface area contributed by atoms with Crippen LogP contribution in [0.1, 0.15) is 44.9 Å². The standard InChI is InChI=1S/C20H28N2O2/c23-19(18-10-7-13-22(18)17-8-3-1-4-9-17)21-14-15-24-20(16-21)11-5-2-6-12-20/h1,3-4,8-9,18H,2,5-7,10-16H2. The lowest BCUT2D eigenvalue weighted by molar-refractivity contribution is -0.157. The van der Waals surface area contributed by atoms with Gasteiger partial charge in [-0.3, -0.25) is 4.79 Å². The van der Waals surface area contributed by atoms with Gasteiger partial charge in [0.1, 0.15) is 6.04 Å². The highest BCUT2D eigenvalue weighted by Gasteiger charge is 2.42. The molecule has 0 aromatic heterocycles. The third kappa shape index (κ3) is 3.04. The Morgan fingerprint density at radius 2 is 1.83 bits per heavy atom. The number of ether oxygens (including phenoxy) is 1. The Kier molecular flexibility index (Phi) is 4.49. The zero-order valence-corrected chi connectivity index (χ0v) is 14.5. The van der Waals surface area contributed by atoms with Crippen molar-refractivity contribution < 1.29 is 9.53 Å². The SMILES string of the molecule is O=C(C1CCCN1c1ccccc1)N1CCOC2(CCCCC2)C1. The van der Waals surface area contributed by atoms with Crippen LogP contribution < -0.4 is 4.90 Å². The molecule has 130 valence electrons. The van der Waals surface area contributed by atoms with Crippen LogP contribution in [0.15, 0.2) is 30.3 Å². The van der Waals surface area contributed by atoms with Crippen LogP contribution in [-0.4, -0.2) is 48.7 Å². The number of benzene rings is 1. The van der Waals surface area contributed by atoms with Crippen LogP contribution in [0, 0.1) is 0 Å². The van der Waals surface area contributed by atoms with E-state index < -0.39 is 0 Å². The second-order valence-corrected chi connectivity index (χ2v) is 7.54. The van der Waals surface area contributed by atoms with E-state index in [1.807, 2.05) is 6.07 Å². The summed E-state index contributed by atoms with van der Waals surface area (Å²) < 4.78 is 6.15. The highest BCUT2D eigenvalue weighted by Crippen LogP contribution is 2.35. The van der Waals surface area contributed by atoms with Crippen LogP contribution >= 0.6 is 0 Å². The zero-order valence-electron chi connectivity index (χ0n) is 14.5. The Balaban J connectivity index is 1.48. The molecule has 2 heterocycles. The minimum Gasteiger partial charge on any atom is -0.371 e.